The van der Waals surface area contributed by atoms with E-state index >= 15 is 0 Å². The van der Waals surface area contributed by atoms with Crippen LogP contribution in [-0.2, 0) is 13.0 Å². The number of nitrogens with zero attached hydrogens (tertiary/aromatic N) is 4. The second-order valence-electron chi connectivity index (χ2n) is 5.91. The van der Waals surface area contributed by atoms with E-state index in [1.807, 2.05) is 23.6 Å². The number of nitrogens with one attached hydrogen (secondary N) is 1. The van der Waals surface area contributed by atoms with Gasteiger partial charge >= 0.3 is 0 Å². The quantitative estimate of drug-likeness (QED) is 0.749. The lowest BCUT2D eigenvalue weighted by Gasteiger charge is -2.00. The minimum absolute atomic E-state index is 0.266. The molecule has 7 heteroatoms. The van der Waals surface area contributed by atoms with Gasteiger partial charge < -0.3 is 0 Å². The predicted octanol–water partition coefficient (Wildman–Crippen LogP) is 3.11. The van der Waals surface area contributed by atoms with Gasteiger partial charge in [0.25, 0.3) is 5.91 Å². The van der Waals surface area contributed by atoms with Crippen LogP contribution in [0.3, 0.4) is 0 Å². The summed E-state index contributed by atoms with van der Waals surface area (Å²) in [5.74, 6) is 0.323. The van der Waals surface area contributed by atoms with E-state index in [1.54, 1.807) is 10.9 Å². The number of carbonyl (C=O) groups excluding carboxylic acids is 1. The molecular weight excluding hydrogens is 322 g/mol. The lowest BCUT2D eigenvalue weighted by Crippen LogP contribution is -2.12. The molecule has 0 aliphatic heterocycles. The van der Waals surface area contributed by atoms with E-state index in [2.05, 4.69) is 32.7 Å². The van der Waals surface area contributed by atoms with E-state index in [-0.39, 0.29) is 5.91 Å². The first-order valence-electron chi connectivity index (χ1n) is 7.99. The summed E-state index contributed by atoms with van der Waals surface area (Å²) in [7, 11) is 0. The zero-order chi connectivity index (χ0) is 16.4. The van der Waals surface area contributed by atoms with Gasteiger partial charge in [0.2, 0.25) is 0 Å². The van der Waals surface area contributed by atoms with Crippen molar-refractivity contribution in [2.24, 2.45) is 0 Å². The first-order valence-corrected chi connectivity index (χ1v) is 8.87. The highest BCUT2D eigenvalue weighted by atomic mass is 32.1. The molecule has 1 aliphatic rings. The van der Waals surface area contributed by atoms with E-state index in [4.69, 9.17) is 0 Å². The number of amides is 1. The Bertz CT molecular complexity index is 838. The number of thiazole rings is 1. The van der Waals surface area contributed by atoms with Gasteiger partial charge in [-0.2, -0.15) is 0 Å². The summed E-state index contributed by atoms with van der Waals surface area (Å²) in [5.41, 5.74) is 2.63. The van der Waals surface area contributed by atoms with Crippen molar-refractivity contribution in [3.63, 3.8) is 0 Å². The maximum atomic E-state index is 12.2. The Labute approximate surface area is 143 Å². The molecular formula is C17H17N5OS. The Kier molecular flexibility index (Phi) is 4.08. The minimum atomic E-state index is -0.266. The highest BCUT2D eigenvalue weighted by Gasteiger charge is 2.26. The topological polar surface area (TPSA) is 72.7 Å². The van der Waals surface area contributed by atoms with Gasteiger partial charge in [-0.1, -0.05) is 35.5 Å². The third kappa shape index (κ3) is 3.51. The summed E-state index contributed by atoms with van der Waals surface area (Å²) in [6.45, 7) is 0.688. The molecule has 1 saturated carbocycles. The fourth-order valence-corrected chi connectivity index (χ4v) is 3.26. The van der Waals surface area contributed by atoms with Crippen LogP contribution in [0.1, 0.15) is 40.5 Å². The molecule has 0 atom stereocenters. The maximum absolute atomic E-state index is 12.2. The van der Waals surface area contributed by atoms with Gasteiger partial charge in [0, 0.05) is 17.8 Å². The van der Waals surface area contributed by atoms with Crippen molar-refractivity contribution >= 4 is 22.4 Å². The third-order valence-electron chi connectivity index (χ3n) is 3.98. The van der Waals surface area contributed by atoms with Gasteiger partial charge in [0.1, 0.15) is 0 Å². The minimum Gasteiger partial charge on any atom is -0.296 e. The average molecular weight is 339 g/mol. The van der Waals surface area contributed by atoms with Crippen molar-refractivity contribution in [2.45, 2.75) is 31.7 Å². The van der Waals surface area contributed by atoms with Crippen LogP contribution in [0.5, 0.6) is 0 Å². The Hall–Kier alpha value is -2.54. The van der Waals surface area contributed by atoms with Crippen LogP contribution in [-0.4, -0.2) is 25.9 Å². The molecule has 1 N–H and O–H groups in total. The standard InChI is InChI=1S/C17H17N5OS/c23-16(19-17-18-15(11-24-17)13-6-7-13)14-10-22(21-20-14)9-8-12-4-2-1-3-5-12/h1-5,10-11,13H,6-9H2,(H,18,19,23). The summed E-state index contributed by atoms with van der Waals surface area (Å²) < 4.78 is 1.69. The SMILES string of the molecule is O=C(Nc1nc(C2CC2)cs1)c1cn(CCc2ccccc2)nn1. The summed E-state index contributed by atoms with van der Waals surface area (Å²) in [6.07, 6.45) is 4.93. The highest BCUT2D eigenvalue weighted by molar-refractivity contribution is 7.14. The first-order chi connectivity index (χ1) is 11.8. The van der Waals surface area contributed by atoms with Gasteiger partial charge in [-0.05, 0) is 24.8 Å². The summed E-state index contributed by atoms with van der Waals surface area (Å²) >= 11 is 1.46. The molecule has 0 bridgehead atoms. The third-order valence-corrected chi connectivity index (χ3v) is 4.76. The maximum Gasteiger partial charge on any atom is 0.279 e. The molecule has 1 aliphatic carbocycles. The molecule has 0 saturated heterocycles. The molecule has 24 heavy (non-hydrogen) atoms. The highest BCUT2D eigenvalue weighted by Crippen LogP contribution is 2.40. The van der Waals surface area contributed by atoms with Crippen molar-refractivity contribution in [3.8, 4) is 0 Å². The fourth-order valence-electron chi connectivity index (χ4n) is 2.47. The van der Waals surface area contributed by atoms with E-state index < -0.39 is 0 Å². The number of anilines is 1. The number of hydrogen-bond donors (Lipinski definition) is 1. The molecule has 0 radical (unpaired) electrons. The number of benzene rings is 1. The zero-order valence-electron chi connectivity index (χ0n) is 13.1. The molecule has 3 aromatic rings. The lowest BCUT2D eigenvalue weighted by atomic mass is 10.1. The number of carbonyl (C=O) groups is 1. The normalized spacial score (nSPS) is 13.8. The van der Waals surface area contributed by atoms with E-state index in [9.17, 15) is 4.79 Å². The molecule has 0 spiro atoms. The number of hydrogen-bond acceptors (Lipinski definition) is 5. The predicted molar refractivity (Wildman–Crippen MR) is 92.2 cm³/mol. The van der Waals surface area contributed by atoms with Crippen molar-refractivity contribution in [2.75, 3.05) is 5.32 Å². The molecule has 0 unspecified atom stereocenters. The number of rotatable bonds is 6. The van der Waals surface area contributed by atoms with Crippen LogP contribution < -0.4 is 5.32 Å². The van der Waals surface area contributed by atoms with E-state index in [1.165, 1.54) is 29.7 Å². The smallest absolute Gasteiger partial charge is 0.279 e. The second kappa shape index (κ2) is 6.52. The van der Waals surface area contributed by atoms with E-state index in [0.717, 1.165) is 12.1 Å². The molecule has 122 valence electrons. The van der Waals surface area contributed by atoms with Crippen molar-refractivity contribution in [1.29, 1.82) is 0 Å². The van der Waals surface area contributed by atoms with Gasteiger partial charge in [0.15, 0.2) is 10.8 Å². The number of aryl methyl sites for hydroxylation is 2. The summed E-state index contributed by atoms with van der Waals surface area (Å²) in [6, 6.07) is 10.2. The zero-order valence-corrected chi connectivity index (χ0v) is 13.9. The molecule has 6 nitrogen and oxygen atoms in total. The van der Waals surface area contributed by atoms with Gasteiger partial charge in [0.05, 0.1) is 11.9 Å². The van der Waals surface area contributed by atoms with Gasteiger partial charge in [-0.25, -0.2) is 4.98 Å². The Morgan fingerprint density at radius 2 is 2.12 bits per heavy atom. The van der Waals surface area contributed by atoms with Crippen LogP contribution >= 0.6 is 11.3 Å². The molecule has 1 fully saturated rings. The Morgan fingerprint density at radius 3 is 2.92 bits per heavy atom. The molecule has 1 amide bonds. The largest absolute Gasteiger partial charge is 0.296 e. The Morgan fingerprint density at radius 1 is 1.29 bits per heavy atom. The van der Waals surface area contributed by atoms with Gasteiger partial charge in [-0.3, -0.25) is 14.8 Å². The first kappa shape index (κ1) is 15.0. The molecule has 1 aromatic carbocycles. The monoisotopic (exact) mass is 339 g/mol. The molecule has 2 aromatic heterocycles. The van der Waals surface area contributed by atoms with Gasteiger partial charge in [-0.15, -0.1) is 16.4 Å². The van der Waals surface area contributed by atoms with E-state index in [0.29, 0.717) is 23.3 Å². The summed E-state index contributed by atoms with van der Waals surface area (Å²) in [5, 5.41) is 13.4. The second-order valence-corrected chi connectivity index (χ2v) is 6.77. The van der Waals surface area contributed by atoms with Crippen molar-refractivity contribution in [3.05, 3.63) is 58.9 Å². The van der Waals surface area contributed by atoms with Crippen LogP contribution in [0, 0.1) is 0 Å². The van der Waals surface area contributed by atoms with Crippen LogP contribution in [0.15, 0.2) is 41.9 Å². The van der Waals surface area contributed by atoms with Crippen molar-refractivity contribution in [1.82, 2.24) is 20.0 Å². The fraction of sp³-hybridized carbons (Fsp3) is 0.294. The number of aromatic nitrogens is 4. The summed E-state index contributed by atoms with van der Waals surface area (Å²) in [4.78, 5) is 16.7. The lowest BCUT2D eigenvalue weighted by molar-refractivity contribution is 0.102. The van der Waals surface area contributed by atoms with Crippen LogP contribution in [0.25, 0.3) is 0 Å². The van der Waals surface area contributed by atoms with Crippen LogP contribution in [0.4, 0.5) is 5.13 Å². The molecule has 2 heterocycles. The molecule has 4 rings (SSSR count). The van der Waals surface area contributed by atoms with Crippen LogP contribution in [0.2, 0.25) is 0 Å². The average Bonchev–Trinajstić information content (AvgIpc) is 3.17. The van der Waals surface area contributed by atoms with Crippen molar-refractivity contribution < 1.29 is 4.79 Å². The Balaban J connectivity index is 1.35.